The van der Waals surface area contributed by atoms with Crippen molar-refractivity contribution >= 4 is 5.91 Å². The minimum atomic E-state index is -0.317. The molecule has 3 heteroatoms. The van der Waals surface area contributed by atoms with Crippen LogP contribution in [0.3, 0.4) is 0 Å². The van der Waals surface area contributed by atoms with Crippen LogP contribution in [0.2, 0.25) is 0 Å². The number of carbonyl (C=O) groups excluding carboxylic acids is 1. The number of rotatable bonds is 19. The van der Waals surface area contributed by atoms with E-state index in [1.807, 2.05) is 12.1 Å². The molecule has 29 heavy (non-hydrogen) atoms. The third kappa shape index (κ3) is 14.3. The van der Waals surface area contributed by atoms with Gasteiger partial charge < -0.3 is 10.4 Å². The van der Waals surface area contributed by atoms with Crippen LogP contribution in [0.1, 0.15) is 126 Å². The Kier molecular flexibility index (Phi) is 16.5. The zero-order valence-electron chi connectivity index (χ0n) is 18.9. The Balaban J connectivity index is 1.89. The van der Waals surface area contributed by atoms with Gasteiger partial charge >= 0.3 is 0 Å². The zero-order valence-corrected chi connectivity index (χ0v) is 18.9. The van der Waals surface area contributed by atoms with Gasteiger partial charge in [-0.25, -0.2) is 0 Å². The number of nitrogens with one attached hydrogen (secondary N) is 1. The van der Waals surface area contributed by atoms with E-state index in [9.17, 15) is 4.79 Å². The molecule has 0 spiro atoms. The number of carbonyl (C=O) groups is 1. The normalized spacial score (nSPS) is 11.0. The van der Waals surface area contributed by atoms with Gasteiger partial charge in [0.1, 0.15) is 6.73 Å². The second-order valence-electron chi connectivity index (χ2n) is 8.42. The van der Waals surface area contributed by atoms with Crippen LogP contribution in [0.15, 0.2) is 24.3 Å². The average Bonchev–Trinajstić information content (AvgIpc) is 2.74. The molecular formula is C26H45NO2. The van der Waals surface area contributed by atoms with Crippen molar-refractivity contribution in [3.8, 4) is 0 Å². The molecule has 2 N–H and O–H groups in total. The maximum Gasteiger partial charge on any atom is 0.253 e. The molecule has 0 heterocycles. The highest BCUT2D eigenvalue weighted by Crippen LogP contribution is 2.15. The number of hydrogen-bond acceptors (Lipinski definition) is 2. The molecular weight excluding hydrogens is 358 g/mol. The summed E-state index contributed by atoms with van der Waals surface area (Å²) in [6, 6.07) is 7.74. The van der Waals surface area contributed by atoms with E-state index in [4.69, 9.17) is 5.11 Å². The van der Waals surface area contributed by atoms with Gasteiger partial charge in [0.05, 0.1) is 0 Å². The first-order valence-corrected chi connectivity index (χ1v) is 12.3. The summed E-state index contributed by atoms with van der Waals surface area (Å²) in [5, 5.41) is 11.2. The second-order valence-corrected chi connectivity index (χ2v) is 8.42. The zero-order chi connectivity index (χ0) is 21.0. The Morgan fingerprint density at radius 1 is 0.759 bits per heavy atom. The maximum atomic E-state index is 11.7. The Morgan fingerprint density at radius 3 is 1.72 bits per heavy atom. The van der Waals surface area contributed by atoms with Crippen molar-refractivity contribution in [1.82, 2.24) is 5.32 Å². The van der Waals surface area contributed by atoms with Crippen molar-refractivity contribution in [3.63, 3.8) is 0 Å². The van der Waals surface area contributed by atoms with Crippen LogP contribution in [0.4, 0.5) is 0 Å². The van der Waals surface area contributed by atoms with Crippen LogP contribution in [0.25, 0.3) is 0 Å². The molecule has 1 rings (SSSR count). The van der Waals surface area contributed by atoms with Gasteiger partial charge in [0, 0.05) is 5.56 Å². The van der Waals surface area contributed by atoms with Crippen LogP contribution >= 0.6 is 0 Å². The monoisotopic (exact) mass is 403 g/mol. The predicted octanol–water partition coefficient (Wildman–Crippen LogP) is 7.17. The van der Waals surface area contributed by atoms with Gasteiger partial charge in [-0.3, -0.25) is 4.79 Å². The summed E-state index contributed by atoms with van der Waals surface area (Å²) < 4.78 is 0. The fourth-order valence-electron chi connectivity index (χ4n) is 3.92. The van der Waals surface area contributed by atoms with Crippen LogP contribution in [0.5, 0.6) is 0 Å². The van der Waals surface area contributed by atoms with Crippen molar-refractivity contribution in [1.29, 1.82) is 0 Å². The first-order chi connectivity index (χ1) is 14.3. The van der Waals surface area contributed by atoms with Crippen molar-refractivity contribution in [2.75, 3.05) is 6.73 Å². The summed E-state index contributed by atoms with van der Waals surface area (Å²) in [7, 11) is 0. The molecule has 0 saturated carbocycles. The molecule has 0 aliphatic carbocycles. The Bertz CT molecular complexity index is 515. The predicted molar refractivity (Wildman–Crippen MR) is 124 cm³/mol. The molecule has 0 unspecified atom stereocenters. The minimum Gasteiger partial charge on any atom is -0.376 e. The topological polar surface area (TPSA) is 49.3 Å². The molecule has 1 aromatic rings. The first-order valence-electron chi connectivity index (χ1n) is 12.3. The number of benzene rings is 1. The van der Waals surface area contributed by atoms with E-state index in [0.717, 1.165) is 6.42 Å². The number of unbranched alkanes of at least 4 members (excludes halogenated alkanes) is 15. The summed E-state index contributed by atoms with van der Waals surface area (Å²) in [4.78, 5) is 11.7. The fourth-order valence-corrected chi connectivity index (χ4v) is 3.92. The van der Waals surface area contributed by atoms with E-state index in [-0.39, 0.29) is 12.6 Å². The average molecular weight is 404 g/mol. The summed E-state index contributed by atoms with van der Waals surface area (Å²) >= 11 is 0. The first kappa shape index (κ1) is 25.7. The second kappa shape index (κ2) is 18.7. The van der Waals surface area contributed by atoms with Gasteiger partial charge in [0.25, 0.3) is 5.91 Å². The van der Waals surface area contributed by atoms with E-state index in [1.54, 1.807) is 6.07 Å². The Hall–Kier alpha value is -1.35. The summed E-state index contributed by atoms with van der Waals surface area (Å²) in [5.74, 6) is -0.207. The van der Waals surface area contributed by atoms with Gasteiger partial charge in [0.15, 0.2) is 0 Å². The molecule has 3 nitrogen and oxygen atoms in total. The molecule has 0 aromatic heterocycles. The highest BCUT2D eigenvalue weighted by molar-refractivity contribution is 5.94. The molecule has 0 aliphatic rings. The number of amides is 1. The Labute approximate surface area is 179 Å². The van der Waals surface area contributed by atoms with Crippen molar-refractivity contribution in [3.05, 3.63) is 35.4 Å². The van der Waals surface area contributed by atoms with Gasteiger partial charge in [-0.2, -0.15) is 0 Å². The number of aliphatic hydroxyl groups excluding tert-OH is 1. The van der Waals surface area contributed by atoms with Crippen LogP contribution in [-0.4, -0.2) is 17.7 Å². The number of aliphatic hydroxyl groups is 1. The molecule has 0 atom stereocenters. The summed E-state index contributed by atoms with van der Waals surface area (Å²) in [5.41, 5.74) is 1.84. The quantitative estimate of drug-likeness (QED) is 0.190. The molecule has 0 fully saturated rings. The van der Waals surface area contributed by atoms with Gasteiger partial charge in [0.2, 0.25) is 0 Å². The maximum absolute atomic E-state index is 11.7. The lowest BCUT2D eigenvalue weighted by Gasteiger charge is -2.06. The van der Waals surface area contributed by atoms with E-state index in [0.29, 0.717) is 5.56 Å². The SMILES string of the molecule is CCCCCCCCCCCCCCCCCCc1cccc(C(=O)NCO)c1. The van der Waals surface area contributed by atoms with Crippen molar-refractivity contribution in [2.24, 2.45) is 0 Å². The van der Waals surface area contributed by atoms with E-state index >= 15 is 0 Å². The molecule has 0 aliphatic heterocycles. The van der Waals surface area contributed by atoms with Gasteiger partial charge in [-0.05, 0) is 30.5 Å². The van der Waals surface area contributed by atoms with E-state index in [2.05, 4.69) is 18.3 Å². The summed E-state index contributed by atoms with van der Waals surface area (Å²) in [6.45, 7) is 1.96. The van der Waals surface area contributed by atoms with Crippen molar-refractivity contribution in [2.45, 2.75) is 116 Å². The minimum absolute atomic E-state index is 0.207. The van der Waals surface area contributed by atoms with Crippen LogP contribution in [-0.2, 0) is 6.42 Å². The molecule has 1 amide bonds. The lowest BCUT2D eigenvalue weighted by Crippen LogP contribution is -2.24. The molecule has 0 bridgehead atoms. The third-order valence-electron chi connectivity index (χ3n) is 5.75. The lowest BCUT2D eigenvalue weighted by atomic mass is 10.0. The van der Waals surface area contributed by atoms with Crippen LogP contribution < -0.4 is 5.32 Å². The molecule has 166 valence electrons. The molecule has 1 aromatic carbocycles. The van der Waals surface area contributed by atoms with Gasteiger partial charge in [-0.1, -0.05) is 115 Å². The number of aryl methyl sites for hydroxylation is 1. The molecule has 0 saturated heterocycles. The standard InChI is InChI=1S/C26H45NO2/c1-2-3-4-5-6-7-8-9-10-11-12-13-14-15-16-17-19-24-20-18-21-25(22-24)26(29)27-23-28/h18,20-22,28H,2-17,19,23H2,1H3,(H,27,29). The largest absolute Gasteiger partial charge is 0.376 e. The summed E-state index contributed by atoms with van der Waals surface area (Å²) in [6.07, 6.45) is 23.2. The van der Waals surface area contributed by atoms with Crippen LogP contribution in [0, 0.1) is 0 Å². The third-order valence-corrected chi connectivity index (χ3v) is 5.75. The van der Waals surface area contributed by atoms with E-state index in [1.165, 1.54) is 108 Å². The van der Waals surface area contributed by atoms with E-state index < -0.39 is 0 Å². The Morgan fingerprint density at radius 2 is 1.24 bits per heavy atom. The lowest BCUT2D eigenvalue weighted by molar-refractivity contribution is 0.0910. The smallest absolute Gasteiger partial charge is 0.253 e. The number of hydrogen-bond donors (Lipinski definition) is 2. The highest BCUT2D eigenvalue weighted by Gasteiger charge is 2.04. The highest BCUT2D eigenvalue weighted by atomic mass is 16.3. The fraction of sp³-hybridized carbons (Fsp3) is 0.731. The van der Waals surface area contributed by atoms with Crippen molar-refractivity contribution < 1.29 is 9.90 Å². The van der Waals surface area contributed by atoms with Gasteiger partial charge in [-0.15, -0.1) is 0 Å². The molecule has 0 radical (unpaired) electrons.